The van der Waals surface area contributed by atoms with Gasteiger partial charge >= 0.3 is 0 Å². The van der Waals surface area contributed by atoms with E-state index in [1.54, 1.807) is 0 Å². The van der Waals surface area contributed by atoms with E-state index < -0.39 is 63.8 Å². The summed E-state index contributed by atoms with van der Waals surface area (Å²) in [5.41, 5.74) is -3.60. The third-order valence-corrected chi connectivity index (χ3v) is 4.35. The first-order chi connectivity index (χ1) is 14.5. The number of ether oxygens (including phenoxy) is 3. The topological polar surface area (TPSA) is 74.8 Å². The molecule has 0 spiro atoms. The summed E-state index contributed by atoms with van der Waals surface area (Å²) in [6.07, 6.45) is -3.01. The standard InChI is InChI=1S/C12H4F8O2.C6H10O3/c13-3-1-2(5(14)11(20)12(3,21)22)4-6(15)8(17)10(19)9(18)7(4)16;1(5-3-8-5)7-2-6-4-9-6/h1,11,21-22H;5-6H,1-4H2. The Morgan fingerprint density at radius 3 is 1.68 bits per heavy atom. The summed E-state index contributed by atoms with van der Waals surface area (Å²) in [5.74, 6) is -21.0. The second kappa shape index (κ2) is 8.82. The van der Waals surface area contributed by atoms with Crippen LogP contribution in [0.2, 0.25) is 0 Å². The highest BCUT2D eigenvalue weighted by Gasteiger charge is 2.48. The van der Waals surface area contributed by atoms with Gasteiger partial charge in [-0.1, -0.05) is 0 Å². The fraction of sp³-hybridized carbons (Fsp3) is 0.444. The molecule has 0 amide bonds. The third-order valence-electron chi connectivity index (χ3n) is 4.35. The van der Waals surface area contributed by atoms with E-state index in [9.17, 15) is 35.1 Å². The number of aliphatic hydroxyl groups is 2. The van der Waals surface area contributed by atoms with Crippen LogP contribution in [0, 0.1) is 29.1 Å². The highest BCUT2D eigenvalue weighted by atomic mass is 19.2. The monoisotopic (exact) mass is 462 g/mol. The molecule has 4 rings (SSSR count). The van der Waals surface area contributed by atoms with E-state index in [1.807, 2.05) is 0 Å². The number of hydrogen-bond acceptors (Lipinski definition) is 5. The Labute approximate surface area is 169 Å². The molecule has 3 atom stereocenters. The van der Waals surface area contributed by atoms with E-state index >= 15 is 0 Å². The molecule has 2 heterocycles. The second-order valence-electron chi connectivity index (χ2n) is 6.74. The van der Waals surface area contributed by atoms with Gasteiger partial charge in [0.25, 0.3) is 5.79 Å². The average Bonchev–Trinajstić information content (AvgIpc) is 3.64. The Balaban J connectivity index is 0.000000248. The van der Waals surface area contributed by atoms with Gasteiger partial charge in [0.2, 0.25) is 12.0 Å². The Morgan fingerprint density at radius 1 is 0.839 bits per heavy atom. The van der Waals surface area contributed by atoms with Crippen LogP contribution in [0.1, 0.15) is 5.56 Å². The van der Waals surface area contributed by atoms with E-state index in [2.05, 4.69) is 0 Å². The van der Waals surface area contributed by atoms with Crippen LogP contribution < -0.4 is 0 Å². The van der Waals surface area contributed by atoms with Crippen LogP contribution in [0.4, 0.5) is 35.1 Å². The van der Waals surface area contributed by atoms with Crippen molar-refractivity contribution in [3.63, 3.8) is 0 Å². The van der Waals surface area contributed by atoms with Gasteiger partial charge in [-0.25, -0.2) is 35.1 Å². The van der Waals surface area contributed by atoms with E-state index in [0.717, 1.165) is 26.4 Å². The van der Waals surface area contributed by atoms with Crippen LogP contribution in [0.15, 0.2) is 17.7 Å². The normalized spacial score (nSPS) is 26.3. The minimum atomic E-state index is -3.96. The van der Waals surface area contributed by atoms with Crippen molar-refractivity contribution in [3.05, 3.63) is 52.4 Å². The van der Waals surface area contributed by atoms with Crippen molar-refractivity contribution in [1.82, 2.24) is 0 Å². The summed E-state index contributed by atoms with van der Waals surface area (Å²) in [7, 11) is 0. The molecule has 2 fully saturated rings. The lowest BCUT2D eigenvalue weighted by molar-refractivity contribution is -0.182. The van der Waals surface area contributed by atoms with Gasteiger partial charge in [-0.3, -0.25) is 0 Å². The summed E-state index contributed by atoms with van der Waals surface area (Å²) in [4.78, 5) is 0. The quantitative estimate of drug-likeness (QED) is 0.232. The lowest BCUT2D eigenvalue weighted by Crippen LogP contribution is -2.43. The van der Waals surface area contributed by atoms with Crippen molar-refractivity contribution in [2.75, 3.05) is 26.4 Å². The Kier molecular flexibility index (Phi) is 6.72. The molecule has 2 N–H and O–H groups in total. The number of rotatable bonds is 5. The van der Waals surface area contributed by atoms with E-state index in [4.69, 9.17) is 24.4 Å². The summed E-state index contributed by atoms with van der Waals surface area (Å²) >= 11 is 0. The first-order valence-corrected chi connectivity index (χ1v) is 8.65. The first kappa shape index (κ1) is 23.6. The maximum absolute atomic E-state index is 13.6. The molecule has 1 aromatic rings. The molecule has 172 valence electrons. The molecular weight excluding hydrogens is 448 g/mol. The minimum Gasteiger partial charge on any atom is -0.376 e. The zero-order valence-electron chi connectivity index (χ0n) is 15.3. The number of hydrogen-bond donors (Lipinski definition) is 2. The lowest BCUT2D eigenvalue weighted by atomic mass is 9.92. The van der Waals surface area contributed by atoms with E-state index in [-0.39, 0.29) is 6.08 Å². The summed E-state index contributed by atoms with van der Waals surface area (Å²) in [6.45, 7) is 3.26. The zero-order valence-corrected chi connectivity index (χ0v) is 15.3. The van der Waals surface area contributed by atoms with Gasteiger partial charge in [-0.15, -0.1) is 0 Å². The van der Waals surface area contributed by atoms with E-state index in [0.29, 0.717) is 12.2 Å². The number of epoxide rings is 2. The van der Waals surface area contributed by atoms with E-state index in [1.165, 1.54) is 0 Å². The second-order valence-corrected chi connectivity index (χ2v) is 6.74. The van der Waals surface area contributed by atoms with Gasteiger partial charge in [0.05, 0.1) is 32.0 Å². The summed E-state index contributed by atoms with van der Waals surface area (Å²) in [5, 5.41) is 17.8. The van der Waals surface area contributed by atoms with Crippen molar-refractivity contribution >= 4 is 5.57 Å². The summed E-state index contributed by atoms with van der Waals surface area (Å²) < 4.78 is 121. The molecule has 3 aliphatic rings. The van der Waals surface area contributed by atoms with Gasteiger partial charge in [0.1, 0.15) is 18.0 Å². The molecule has 1 aromatic carbocycles. The third kappa shape index (κ3) is 4.90. The van der Waals surface area contributed by atoms with Crippen LogP contribution >= 0.6 is 0 Å². The molecule has 5 nitrogen and oxygen atoms in total. The van der Waals surface area contributed by atoms with Crippen molar-refractivity contribution in [3.8, 4) is 0 Å². The van der Waals surface area contributed by atoms with Crippen LogP contribution in [-0.4, -0.2) is 60.8 Å². The molecule has 0 aromatic heterocycles. The van der Waals surface area contributed by atoms with Crippen molar-refractivity contribution in [1.29, 1.82) is 0 Å². The van der Waals surface area contributed by atoms with Gasteiger partial charge in [0, 0.05) is 5.57 Å². The Morgan fingerprint density at radius 2 is 1.26 bits per heavy atom. The first-order valence-electron chi connectivity index (χ1n) is 8.65. The zero-order chi connectivity index (χ0) is 23.1. The Hall–Kier alpha value is -2.06. The number of allylic oxidation sites excluding steroid dienone is 2. The van der Waals surface area contributed by atoms with Gasteiger partial charge < -0.3 is 24.4 Å². The van der Waals surface area contributed by atoms with Crippen LogP contribution in [0.3, 0.4) is 0 Å². The van der Waals surface area contributed by atoms with Crippen LogP contribution in [-0.2, 0) is 14.2 Å². The highest BCUT2D eigenvalue weighted by molar-refractivity contribution is 5.79. The lowest BCUT2D eigenvalue weighted by Gasteiger charge is -2.27. The molecule has 31 heavy (non-hydrogen) atoms. The molecule has 0 radical (unpaired) electrons. The van der Waals surface area contributed by atoms with Gasteiger partial charge in [-0.2, -0.15) is 0 Å². The number of alkyl halides is 1. The van der Waals surface area contributed by atoms with Crippen molar-refractivity contribution in [2.24, 2.45) is 0 Å². The molecule has 2 saturated heterocycles. The number of halogens is 8. The fourth-order valence-corrected chi connectivity index (χ4v) is 2.43. The largest absolute Gasteiger partial charge is 0.376 e. The molecule has 3 unspecified atom stereocenters. The molecule has 1 aliphatic carbocycles. The van der Waals surface area contributed by atoms with Gasteiger partial charge in [-0.05, 0) is 6.08 Å². The number of benzene rings is 1. The van der Waals surface area contributed by atoms with Gasteiger partial charge in [0.15, 0.2) is 29.1 Å². The van der Waals surface area contributed by atoms with Crippen molar-refractivity contribution < 1.29 is 59.5 Å². The van der Waals surface area contributed by atoms with Crippen molar-refractivity contribution in [2.45, 2.75) is 24.2 Å². The molecular formula is C18H14F8O5. The SMILES string of the molecule is C(OCC1CO1)C1CO1.OC1(O)C(F)=CC(c2c(F)c(F)c(F)c(F)c2F)=C(F)C1F. The predicted octanol–water partition coefficient (Wildman–Crippen LogP) is 2.75. The average molecular weight is 462 g/mol. The molecule has 0 saturated carbocycles. The van der Waals surface area contributed by atoms with Crippen LogP contribution in [0.25, 0.3) is 5.57 Å². The molecule has 0 bridgehead atoms. The molecule has 2 aliphatic heterocycles. The smallest absolute Gasteiger partial charge is 0.256 e. The fourth-order valence-electron chi connectivity index (χ4n) is 2.43. The summed E-state index contributed by atoms with van der Waals surface area (Å²) in [6, 6.07) is 0. The minimum absolute atomic E-state index is 0.274. The van der Waals surface area contributed by atoms with Crippen LogP contribution in [0.5, 0.6) is 0 Å². The maximum Gasteiger partial charge on any atom is 0.256 e. The predicted molar refractivity (Wildman–Crippen MR) is 85.8 cm³/mol. The maximum atomic E-state index is 13.6. The highest BCUT2D eigenvalue weighted by Crippen LogP contribution is 2.41. The molecule has 13 heteroatoms. The Bertz CT molecular complexity index is 883.